The van der Waals surface area contributed by atoms with Crippen LogP contribution in [0.1, 0.15) is 48.0 Å². The minimum atomic E-state index is 0.0669. The van der Waals surface area contributed by atoms with Crippen molar-refractivity contribution in [2.75, 3.05) is 0 Å². The molecular formula is C20H25N3O. The van der Waals surface area contributed by atoms with E-state index in [-0.39, 0.29) is 5.56 Å². The average Bonchev–Trinajstić information content (AvgIpc) is 2.84. The van der Waals surface area contributed by atoms with E-state index in [9.17, 15) is 4.79 Å². The van der Waals surface area contributed by atoms with Gasteiger partial charge in [0.25, 0.3) is 5.56 Å². The molecule has 0 spiro atoms. The molecular weight excluding hydrogens is 298 g/mol. The van der Waals surface area contributed by atoms with Gasteiger partial charge in [0, 0.05) is 30.6 Å². The van der Waals surface area contributed by atoms with E-state index in [1.54, 1.807) is 0 Å². The lowest BCUT2D eigenvalue weighted by Gasteiger charge is -2.28. The van der Waals surface area contributed by atoms with Gasteiger partial charge in [-0.25, -0.2) is 4.98 Å². The lowest BCUT2D eigenvalue weighted by Crippen LogP contribution is -2.36. The zero-order valence-corrected chi connectivity index (χ0v) is 14.5. The van der Waals surface area contributed by atoms with E-state index in [4.69, 9.17) is 0 Å². The van der Waals surface area contributed by atoms with Crippen LogP contribution in [0.15, 0.2) is 29.1 Å². The molecule has 2 atom stereocenters. The van der Waals surface area contributed by atoms with Crippen LogP contribution in [0.25, 0.3) is 0 Å². The Balaban J connectivity index is 1.60. The Bertz CT molecular complexity index is 794. The minimum absolute atomic E-state index is 0.0669. The number of aromatic amines is 1. The van der Waals surface area contributed by atoms with Crippen molar-refractivity contribution in [3.63, 3.8) is 0 Å². The number of rotatable bonds is 3. The Morgan fingerprint density at radius 1 is 1.12 bits per heavy atom. The number of aryl methyl sites for hydroxylation is 2. The van der Waals surface area contributed by atoms with Crippen LogP contribution < -0.4 is 5.56 Å². The first kappa shape index (κ1) is 15.6. The summed E-state index contributed by atoms with van der Waals surface area (Å²) in [6.45, 7) is 5.04. The van der Waals surface area contributed by atoms with Gasteiger partial charge < -0.3 is 4.98 Å². The van der Waals surface area contributed by atoms with Crippen molar-refractivity contribution >= 4 is 0 Å². The largest absolute Gasteiger partial charge is 0.311 e. The second kappa shape index (κ2) is 6.17. The molecule has 2 aromatic rings. The third-order valence-corrected chi connectivity index (χ3v) is 5.66. The first-order valence-corrected chi connectivity index (χ1v) is 9.06. The molecule has 1 aromatic carbocycles. The Hall–Kier alpha value is -1.94. The minimum Gasteiger partial charge on any atom is -0.311 e. The number of fused-ring (bicyclic) bond motifs is 3. The van der Waals surface area contributed by atoms with Crippen LogP contribution in [-0.2, 0) is 25.8 Å². The van der Waals surface area contributed by atoms with Crippen LogP contribution in [0.5, 0.6) is 0 Å². The monoisotopic (exact) mass is 323 g/mol. The zero-order chi connectivity index (χ0) is 16.7. The van der Waals surface area contributed by atoms with E-state index in [0.29, 0.717) is 12.1 Å². The molecule has 2 unspecified atom stereocenters. The number of nitrogens with zero attached hydrogens (tertiary/aromatic N) is 2. The second-order valence-corrected chi connectivity index (χ2v) is 7.21. The maximum atomic E-state index is 12.3. The molecule has 1 N–H and O–H groups in total. The molecule has 24 heavy (non-hydrogen) atoms. The highest BCUT2D eigenvalue weighted by Gasteiger charge is 2.38. The van der Waals surface area contributed by atoms with Gasteiger partial charge >= 0.3 is 0 Å². The van der Waals surface area contributed by atoms with E-state index in [2.05, 4.69) is 46.1 Å². The second-order valence-electron chi connectivity index (χ2n) is 7.21. The van der Waals surface area contributed by atoms with Crippen molar-refractivity contribution in [1.82, 2.24) is 14.9 Å². The smallest absolute Gasteiger partial charge is 0.254 e. The maximum Gasteiger partial charge on any atom is 0.254 e. The van der Waals surface area contributed by atoms with E-state index < -0.39 is 0 Å². The van der Waals surface area contributed by atoms with Crippen LogP contribution in [-0.4, -0.2) is 27.0 Å². The maximum absolute atomic E-state index is 12.3. The van der Waals surface area contributed by atoms with Gasteiger partial charge in [0.2, 0.25) is 0 Å². The van der Waals surface area contributed by atoms with Gasteiger partial charge in [-0.1, -0.05) is 31.2 Å². The van der Waals surface area contributed by atoms with Gasteiger partial charge in [0.1, 0.15) is 5.82 Å². The molecule has 0 aliphatic carbocycles. The summed E-state index contributed by atoms with van der Waals surface area (Å²) in [6.07, 6.45) is 5.22. The molecule has 0 radical (unpaired) electrons. The highest BCUT2D eigenvalue weighted by atomic mass is 16.1. The van der Waals surface area contributed by atoms with Crippen LogP contribution in [0.2, 0.25) is 0 Å². The molecule has 3 heterocycles. The standard InChI is InChI=1S/C20H25N3O/c1-3-14-4-6-15(7-5-14)12-23-16-8-9-17(23)11-19-18(10-16)20(24)22-13(2)21-19/h4-7,16-17H,3,8-12H2,1-2H3,(H,21,22,24). The first-order valence-electron chi connectivity index (χ1n) is 9.06. The summed E-state index contributed by atoms with van der Waals surface area (Å²) >= 11 is 0. The van der Waals surface area contributed by atoms with Crippen molar-refractivity contribution in [3.05, 3.63) is 62.8 Å². The highest BCUT2D eigenvalue weighted by molar-refractivity contribution is 5.26. The van der Waals surface area contributed by atoms with E-state index in [1.165, 1.54) is 24.0 Å². The van der Waals surface area contributed by atoms with Crippen LogP contribution in [0.3, 0.4) is 0 Å². The van der Waals surface area contributed by atoms with Crippen LogP contribution in [0.4, 0.5) is 0 Å². The Morgan fingerprint density at radius 3 is 2.50 bits per heavy atom. The molecule has 1 aromatic heterocycles. The predicted molar refractivity (Wildman–Crippen MR) is 95.2 cm³/mol. The molecule has 4 nitrogen and oxygen atoms in total. The molecule has 4 rings (SSSR count). The molecule has 0 saturated carbocycles. The SMILES string of the molecule is CCc1ccc(CN2C3CCC2Cc2c(nc(C)[nH]c2=O)C3)cc1. The summed E-state index contributed by atoms with van der Waals surface area (Å²) < 4.78 is 0. The number of benzene rings is 1. The quantitative estimate of drug-likeness (QED) is 0.945. The fraction of sp³-hybridized carbons (Fsp3) is 0.500. The predicted octanol–water partition coefficient (Wildman–Crippen LogP) is 2.77. The summed E-state index contributed by atoms with van der Waals surface area (Å²) in [7, 11) is 0. The number of hydrogen-bond acceptors (Lipinski definition) is 3. The lowest BCUT2D eigenvalue weighted by molar-refractivity contribution is 0.187. The van der Waals surface area contributed by atoms with E-state index in [0.717, 1.165) is 42.9 Å². The molecule has 1 saturated heterocycles. The first-order chi connectivity index (χ1) is 11.6. The van der Waals surface area contributed by atoms with Crippen molar-refractivity contribution < 1.29 is 0 Å². The van der Waals surface area contributed by atoms with Gasteiger partial charge in [-0.15, -0.1) is 0 Å². The molecule has 2 bridgehead atoms. The molecule has 2 aliphatic heterocycles. The lowest BCUT2D eigenvalue weighted by atomic mass is 9.98. The summed E-state index contributed by atoms with van der Waals surface area (Å²) in [5.41, 5.74) is 4.76. The fourth-order valence-electron chi connectivity index (χ4n) is 4.31. The highest BCUT2D eigenvalue weighted by Crippen LogP contribution is 2.33. The summed E-state index contributed by atoms with van der Waals surface area (Å²) in [6, 6.07) is 9.96. The van der Waals surface area contributed by atoms with Crippen molar-refractivity contribution in [2.24, 2.45) is 0 Å². The summed E-state index contributed by atoms with van der Waals surface area (Å²) in [5.74, 6) is 0.734. The summed E-state index contributed by atoms with van der Waals surface area (Å²) in [4.78, 5) is 22.5. The third-order valence-electron chi connectivity index (χ3n) is 5.66. The molecule has 4 heteroatoms. The van der Waals surface area contributed by atoms with E-state index >= 15 is 0 Å². The van der Waals surface area contributed by atoms with Crippen molar-refractivity contribution in [3.8, 4) is 0 Å². The van der Waals surface area contributed by atoms with Crippen LogP contribution >= 0.6 is 0 Å². The zero-order valence-electron chi connectivity index (χ0n) is 14.5. The van der Waals surface area contributed by atoms with Gasteiger partial charge in [0.15, 0.2) is 0 Å². The van der Waals surface area contributed by atoms with E-state index in [1.807, 2.05) is 6.92 Å². The number of nitrogens with one attached hydrogen (secondary N) is 1. The van der Waals surface area contributed by atoms with Crippen molar-refractivity contribution in [2.45, 2.75) is 64.6 Å². The molecule has 2 aliphatic rings. The number of aromatic nitrogens is 2. The Kier molecular flexibility index (Phi) is 4.01. The third kappa shape index (κ3) is 2.80. The molecule has 0 amide bonds. The number of hydrogen-bond donors (Lipinski definition) is 1. The molecule has 126 valence electrons. The van der Waals surface area contributed by atoms with Gasteiger partial charge in [-0.2, -0.15) is 0 Å². The van der Waals surface area contributed by atoms with Crippen LogP contribution in [0, 0.1) is 6.92 Å². The topological polar surface area (TPSA) is 49.0 Å². The van der Waals surface area contributed by atoms with Crippen molar-refractivity contribution in [1.29, 1.82) is 0 Å². The summed E-state index contributed by atoms with van der Waals surface area (Å²) in [5, 5.41) is 0. The molecule has 1 fully saturated rings. The Labute approximate surface area is 142 Å². The normalized spacial score (nSPS) is 23.1. The van der Waals surface area contributed by atoms with Gasteiger partial charge in [0.05, 0.1) is 5.69 Å². The fourth-order valence-corrected chi connectivity index (χ4v) is 4.31. The number of H-pyrrole nitrogens is 1. The van der Waals surface area contributed by atoms with Gasteiger partial charge in [-0.3, -0.25) is 9.69 Å². The Morgan fingerprint density at radius 2 is 1.79 bits per heavy atom. The average molecular weight is 323 g/mol. The van der Waals surface area contributed by atoms with Gasteiger partial charge in [-0.05, 0) is 43.7 Å².